The summed E-state index contributed by atoms with van der Waals surface area (Å²) in [6.45, 7) is 7.18. The predicted octanol–water partition coefficient (Wildman–Crippen LogP) is 3.18. The molecule has 0 saturated heterocycles. The summed E-state index contributed by atoms with van der Waals surface area (Å²) in [5, 5.41) is 2.86. The molecule has 2 amide bonds. The number of nitrogens with zero attached hydrogens (tertiary/aromatic N) is 1. The summed E-state index contributed by atoms with van der Waals surface area (Å²) in [7, 11) is 2.87. The van der Waals surface area contributed by atoms with E-state index in [1.807, 2.05) is 32.0 Å². The van der Waals surface area contributed by atoms with Crippen LogP contribution in [-0.4, -0.2) is 50.0 Å². The zero-order valence-electron chi connectivity index (χ0n) is 18.3. The fraction of sp³-hybridized carbons (Fsp3) is 0.348. The lowest BCUT2D eigenvalue weighted by molar-refractivity contribution is -0.142. The van der Waals surface area contributed by atoms with Crippen LogP contribution in [0.4, 0.5) is 5.69 Å². The van der Waals surface area contributed by atoms with Gasteiger partial charge < -0.3 is 19.7 Å². The van der Waals surface area contributed by atoms with Crippen LogP contribution in [0.15, 0.2) is 30.3 Å². The summed E-state index contributed by atoms with van der Waals surface area (Å²) < 4.78 is 10.1. The van der Waals surface area contributed by atoms with Crippen LogP contribution in [0.3, 0.4) is 0 Å². The first-order chi connectivity index (χ1) is 14.1. The van der Waals surface area contributed by atoms with Gasteiger partial charge >= 0.3 is 5.97 Å². The number of hydrogen-bond acceptors (Lipinski definition) is 5. The molecule has 2 aromatic rings. The minimum absolute atomic E-state index is 0.0785. The SMILES string of the molecule is COC(=O)COc1c(C)cc(C(=O)N(C)CC(=O)Nc2cc(C)ccc2C)cc1C. The van der Waals surface area contributed by atoms with Crippen molar-refractivity contribution in [3.63, 3.8) is 0 Å². The van der Waals surface area contributed by atoms with E-state index in [0.717, 1.165) is 27.9 Å². The van der Waals surface area contributed by atoms with Crippen LogP contribution in [0.5, 0.6) is 5.75 Å². The van der Waals surface area contributed by atoms with Crippen LogP contribution in [0.1, 0.15) is 32.6 Å². The van der Waals surface area contributed by atoms with Crippen LogP contribution in [0.25, 0.3) is 0 Å². The normalized spacial score (nSPS) is 10.3. The van der Waals surface area contributed by atoms with Gasteiger partial charge in [0, 0.05) is 18.3 Å². The first kappa shape index (κ1) is 22.9. The van der Waals surface area contributed by atoms with Crippen molar-refractivity contribution >= 4 is 23.5 Å². The first-order valence-electron chi connectivity index (χ1n) is 9.55. The number of aryl methyl sites for hydroxylation is 4. The molecule has 0 spiro atoms. The van der Waals surface area contributed by atoms with Crippen LogP contribution in [-0.2, 0) is 14.3 Å². The lowest BCUT2D eigenvalue weighted by Gasteiger charge is -2.19. The number of carbonyl (C=O) groups excluding carboxylic acids is 3. The van der Waals surface area contributed by atoms with Gasteiger partial charge in [0.05, 0.1) is 13.7 Å². The van der Waals surface area contributed by atoms with Gasteiger partial charge in [-0.3, -0.25) is 9.59 Å². The van der Waals surface area contributed by atoms with Crippen LogP contribution in [0.2, 0.25) is 0 Å². The molecule has 2 rings (SSSR count). The summed E-state index contributed by atoms with van der Waals surface area (Å²) in [5.41, 5.74) is 4.61. The second kappa shape index (κ2) is 9.91. The Morgan fingerprint density at radius 3 is 2.20 bits per heavy atom. The van der Waals surface area contributed by atoms with Crippen molar-refractivity contribution in [1.82, 2.24) is 4.90 Å². The Morgan fingerprint density at radius 1 is 0.967 bits per heavy atom. The van der Waals surface area contributed by atoms with Gasteiger partial charge in [-0.1, -0.05) is 12.1 Å². The molecule has 0 aliphatic rings. The molecule has 0 bridgehead atoms. The van der Waals surface area contributed by atoms with Crippen molar-refractivity contribution in [2.45, 2.75) is 27.7 Å². The fourth-order valence-corrected chi connectivity index (χ4v) is 3.06. The lowest BCUT2D eigenvalue weighted by atomic mass is 10.0. The highest BCUT2D eigenvalue weighted by Gasteiger charge is 2.18. The third kappa shape index (κ3) is 5.83. The van der Waals surface area contributed by atoms with E-state index < -0.39 is 5.97 Å². The zero-order chi connectivity index (χ0) is 22.4. The highest BCUT2D eigenvalue weighted by molar-refractivity contribution is 5.99. The standard InChI is InChI=1S/C23H28N2O5/c1-14-7-8-15(2)19(9-14)24-20(26)12-25(5)23(28)18-10-16(3)22(17(4)11-18)30-13-21(27)29-6/h7-11H,12-13H2,1-6H3,(H,24,26). The summed E-state index contributed by atoms with van der Waals surface area (Å²) in [4.78, 5) is 37.9. The number of ether oxygens (including phenoxy) is 2. The molecule has 2 aromatic carbocycles. The van der Waals surface area contributed by atoms with Gasteiger partial charge in [-0.05, 0) is 68.1 Å². The van der Waals surface area contributed by atoms with Crippen molar-refractivity contribution in [2.24, 2.45) is 0 Å². The highest BCUT2D eigenvalue weighted by Crippen LogP contribution is 2.25. The molecule has 0 atom stereocenters. The average molecular weight is 412 g/mol. The van der Waals surface area contributed by atoms with E-state index in [0.29, 0.717) is 11.3 Å². The lowest BCUT2D eigenvalue weighted by Crippen LogP contribution is -2.35. The number of rotatable bonds is 7. The molecule has 0 aromatic heterocycles. The third-order valence-electron chi connectivity index (χ3n) is 4.66. The van der Waals surface area contributed by atoms with Crippen molar-refractivity contribution in [3.8, 4) is 5.75 Å². The number of anilines is 1. The van der Waals surface area contributed by atoms with Gasteiger partial charge in [-0.25, -0.2) is 4.79 Å². The minimum Gasteiger partial charge on any atom is -0.481 e. The van der Waals surface area contributed by atoms with Gasteiger partial charge in [-0.2, -0.15) is 0 Å². The molecule has 0 aliphatic heterocycles. The Kier molecular flexibility index (Phi) is 7.58. The second-order valence-corrected chi connectivity index (χ2v) is 7.33. The van der Waals surface area contributed by atoms with E-state index in [4.69, 9.17) is 4.74 Å². The van der Waals surface area contributed by atoms with E-state index in [1.165, 1.54) is 12.0 Å². The number of benzene rings is 2. The average Bonchev–Trinajstić information content (AvgIpc) is 2.68. The fourth-order valence-electron chi connectivity index (χ4n) is 3.06. The summed E-state index contributed by atoms with van der Waals surface area (Å²) >= 11 is 0. The second-order valence-electron chi connectivity index (χ2n) is 7.33. The van der Waals surface area contributed by atoms with Crippen molar-refractivity contribution < 1.29 is 23.9 Å². The van der Waals surface area contributed by atoms with Gasteiger partial charge in [0.25, 0.3) is 5.91 Å². The Morgan fingerprint density at radius 2 is 1.60 bits per heavy atom. The largest absolute Gasteiger partial charge is 0.481 e. The van der Waals surface area contributed by atoms with E-state index >= 15 is 0 Å². The van der Waals surface area contributed by atoms with Crippen molar-refractivity contribution in [3.05, 3.63) is 58.1 Å². The predicted molar refractivity (Wildman–Crippen MR) is 115 cm³/mol. The molecule has 0 fully saturated rings. The number of hydrogen-bond donors (Lipinski definition) is 1. The monoisotopic (exact) mass is 412 g/mol. The third-order valence-corrected chi connectivity index (χ3v) is 4.66. The van der Waals surface area contributed by atoms with Crippen LogP contribution >= 0.6 is 0 Å². The number of methoxy groups -OCH3 is 1. The molecular weight excluding hydrogens is 384 g/mol. The first-order valence-corrected chi connectivity index (χ1v) is 9.55. The van der Waals surface area contributed by atoms with Crippen LogP contribution < -0.4 is 10.1 Å². The molecule has 30 heavy (non-hydrogen) atoms. The van der Waals surface area contributed by atoms with E-state index in [2.05, 4.69) is 10.1 Å². The molecule has 0 saturated carbocycles. The molecular formula is C23H28N2O5. The zero-order valence-corrected chi connectivity index (χ0v) is 18.3. The smallest absolute Gasteiger partial charge is 0.343 e. The van der Waals surface area contributed by atoms with Crippen molar-refractivity contribution in [1.29, 1.82) is 0 Å². The topological polar surface area (TPSA) is 84.9 Å². The molecule has 0 aliphatic carbocycles. The number of amides is 2. The van der Waals surface area contributed by atoms with Gasteiger partial charge in [-0.15, -0.1) is 0 Å². The maximum atomic E-state index is 12.8. The number of likely N-dealkylation sites (N-methyl/N-ethyl adjacent to an activating group) is 1. The molecule has 0 unspecified atom stereocenters. The highest BCUT2D eigenvalue weighted by atomic mass is 16.6. The molecule has 1 N–H and O–H groups in total. The van der Waals surface area contributed by atoms with E-state index in [-0.39, 0.29) is 25.0 Å². The quantitative estimate of drug-likeness (QED) is 0.706. The molecule has 7 heteroatoms. The van der Waals surface area contributed by atoms with E-state index in [1.54, 1.807) is 33.0 Å². The maximum Gasteiger partial charge on any atom is 0.343 e. The van der Waals surface area contributed by atoms with Crippen LogP contribution in [0, 0.1) is 27.7 Å². The minimum atomic E-state index is -0.483. The molecule has 0 radical (unpaired) electrons. The summed E-state index contributed by atoms with van der Waals surface area (Å²) in [5.74, 6) is -0.501. The Hall–Kier alpha value is -3.35. The Balaban J connectivity index is 2.07. The molecule has 0 heterocycles. The van der Waals surface area contributed by atoms with Crippen molar-refractivity contribution in [2.75, 3.05) is 32.6 Å². The molecule has 7 nitrogen and oxygen atoms in total. The van der Waals surface area contributed by atoms with Gasteiger partial charge in [0.2, 0.25) is 5.91 Å². The van der Waals surface area contributed by atoms with E-state index in [9.17, 15) is 14.4 Å². The number of nitrogens with one attached hydrogen (secondary N) is 1. The Bertz CT molecular complexity index is 945. The number of carbonyl (C=O) groups is 3. The van der Waals surface area contributed by atoms with Gasteiger partial charge in [0.1, 0.15) is 5.75 Å². The number of esters is 1. The Labute approximate surface area is 177 Å². The molecule has 160 valence electrons. The maximum absolute atomic E-state index is 12.8. The van der Waals surface area contributed by atoms with Gasteiger partial charge in [0.15, 0.2) is 6.61 Å². The summed E-state index contributed by atoms with van der Waals surface area (Å²) in [6.07, 6.45) is 0. The summed E-state index contributed by atoms with van der Waals surface area (Å²) in [6, 6.07) is 9.18.